The Morgan fingerprint density at radius 1 is 1.23 bits per heavy atom. The SMILES string of the molecule is C[C@@H](/C(O)=C(\C#N)c1nc2ccccc2[nH]1)N1CCCc2ccccc21. The maximum atomic E-state index is 10.9. The maximum Gasteiger partial charge on any atom is 0.152 e. The Hall–Kier alpha value is -3.26. The average molecular weight is 344 g/mol. The number of fused-ring (bicyclic) bond motifs is 2. The molecule has 4 rings (SSSR count). The highest BCUT2D eigenvalue weighted by Crippen LogP contribution is 2.31. The quantitative estimate of drug-likeness (QED) is 0.551. The first-order chi connectivity index (χ1) is 12.7. The van der Waals surface area contributed by atoms with E-state index in [0.29, 0.717) is 5.82 Å². The first-order valence-corrected chi connectivity index (χ1v) is 8.82. The Labute approximate surface area is 152 Å². The zero-order chi connectivity index (χ0) is 18.1. The lowest BCUT2D eigenvalue weighted by Crippen LogP contribution is -2.38. The number of aryl methyl sites for hydroxylation is 1. The lowest BCUT2D eigenvalue weighted by Gasteiger charge is -2.36. The molecule has 1 aromatic heterocycles. The molecule has 130 valence electrons. The number of anilines is 1. The summed E-state index contributed by atoms with van der Waals surface area (Å²) in [5.41, 5.74) is 4.22. The second-order valence-electron chi connectivity index (χ2n) is 6.58. The van der Waals surface area contributed by atoms with Crippen LogP contribution in [-0.4, -0.2) is 27.7 Å². The highest BCUT2D eigenvalue weighted by molar-refractivity contribution is 5.83. The van der Waals surface area contributed by atoms with Crippen molar-refractivity contribution in [1.29, 1.82) is 5.26 Å². The van der Waals surface area contributed by atoms with Gasteiger partial charge in [0, 0.05) is 12.2 Å². The Bertz CT molecular complexity index is 995. The van der Waals surface area contributed by atoms with E-state index in [-0.39, 0.29) is 17.4 Å². The van der Waals surface area contributed by atoms with Gasteiger partial charge in [-0.25, -0.2) is 4.98 Å². The van der Waals surface area contributed by atoms with Crippen LogP contribution in [0.3, 0.4) is 0 Å². The van der Waals surface area contributed by atoms with Crippen molar-refractivity contribution >= 4 is 22.3 Å². The van der Waals surface area contributed by atoms with Crippen LogP contribution in [0.25, 0.3) is 16.6 Å². The summed E-state index contributed by atoms with van der Waals surface area (Å²) >= 11 is 0. The number of hydrogen-bond acceptors (Lipinski definition) is 4. The molecule has 2 N–H and O–H groups in total. The molecule has 5 heteroatoms. The van der Waals surface area contributed by atoms with Gasteiger partial charge >= 0.3 is 0 Å². The Balaban J connectivity index is 1.74. The molecule has 0 fully saturated rings. The molecule has 0 unspecified atom stereocenters. The number of aliphatic hydroxyl groups excluding tert-OH is 1. The topological polar surface area (TPSA) is 75.9 Å². The van der Waals surface area contributed by atoms with Gasteiger partial charge in [-0.15, -0.1) is 0 Å². The predicted octanol–water partition coefficient (Wildman–Crippen LogP) is 4.20. The van der Waals surface area contributed by atoms with Crippen molar-refractivity contribution in [2.75, 3.05) is 11.4 Å². The van der Waals surface area contributed by atoms with Gasteiger partial charge in [-0.05, 0) is 43.5 Å². The molecule has 0 saturated carbocycles. The van der Waals surface area contributed by atoms with Crippen LogP contribution in [0.5, 0.6) is 0 Å². The number of nitrogens with zero attached hydrogens (tertiary/aromatic N) is 3. The summed E-state index contributed by atoms with van der Waals surface area (Å²) in [6.45, 7) is 2.78. The summed E-state index contributed by atoms with van der Waals surface area (Å²) in [4.78, 5) is 9.76. The second kappa shape index (κ2) is 6.57. The van der Waals surface area contributed by atoms with E-state index in [1.165, 1.54) is 5.56 Å². The summed E-state index contributed by atoms with van der Waals surface area (Å²) in [6, 6.07) is 17.7. The molecule has 0 spiro atoms. The van der Waals surface area contributed by atoms with Crippen molar-refractivity contribution in [2.45, 2.75) is 25.8 Å². The van der Waals surface area contributed by atoms with E-state index >= 15 is 0 Å². The third kappa shape index (κ3) is 2.70. The molecule has 5 nitrogen and oxygen atoms in total. The lowest BCUT2D eigenvalue weighted by molar-refractivity contribution is 0.367. The Morgan fingerprint density at radius 2 is 2.00 bits per heavy atom. The molecule has 0 bridgehead atoms. The number of para-hydroxylation sites is 3. The van der Waals surface area contributed by atoms with Gasteiger partial charge in [-0.3, -0.25) is 0 Å². The van der Waals surface area contributed by atoms with E-state index < -0.39 is 0 Å². The van der Waals surface area contributed by atoms with E-state index in [2.05, 4.69) is 33.1 Å². The number of allylic oxidation sites excluding steroid dienone is 1. The standard InChI is InChI=1S/C21H20N4O/c1-14(25-12-6-8-15-7-2-5-11-19(15)25)20(26)16(13-22)21-23-17-9-3-4-10-18(17)24-21/h2-5,7,9-11,14,26H,6,8,12H2,1H3,(H,23,24)/b20-16-/t14-/m0/s1. The number of imidazole rings is 1. The van der Waals surface area contributed by atoms with E-state index in [0.717, 1.165) is 36.1 Å². The van der Waals surface area contributed by atoms with Crippen LogP contribution in [0.15, 0.2) is 54.3 Å². The van der Waals surface area contributed by atoms with Gasteiger partial charge < -0.3 is 15.0 Å². The van der Waals surface area contributed by atoms with Crippen LogP contribution < -0.4 is 4.90 Å². The van der Waals surface area contributed by atoms with Crippen LogP contribution in [0.2, 0.25) is 0 Å². The van der Waals surface area contributed by atoms with E-state index in [4.69, 9.17) is 0 Å². The molecule has 1 aliphatic heterocycles. The van der Waals surface area contributed by atoms with Gasteiger partial charge in [-0.2, -0.15) is 5.26 Å². The average Bonchev–Trinajstić information content (AvgIpc) is 3.11. The van der Waals surface area contributed by atoms with Gasteiger partial charge in [0.1, 0.15) is 17.4 Å². The molecule has 3 aromatic rings. The van der Waals surface area contributed by atoms with Gasteiger partial charge in [0.15, 0.2) is 5.82 Å². The summed E-state index contributed by atoms with van der Waals surface area (Å²) < 4.78 is 0. The number of nitrogens with one attached hydrogen (secondary N) is 1. The van der Waals surface area contributed by atoms with Crippen LogP contribution in [0.4, 0.5) is 5.69 Å². The van der Waals surface area contributed by atoms with Gasteiger partial charge in [0.2, 0.25) is 0 Å². The summed E-state index contributed by atoms with van der Waals surface area (Å²) in [6.07, 6.45) is 2.07. The zero-order valence-electron chi connectivity index (χ0n) is 14.6. The van der Waals surface area contributed by atoms with E-state index in [1.54, 1.807) is 0 Å². The molecule has 1 atom stereocenters. The summed E-state index contributed by atoms with van der Waals surface area (Å²) in [5.74, 6) is 0.451. The van der Waals surface area contributed by atoms with Crippen LogP contribution in [0.1, 0.15) is 24.7 Å². The molecule has 2 aromatic carbocycles. The fourth-order valence-corrected chi connectivity index (χ4v) is 3.62. The highest BCUT2D eigenvalue weighted by Gasteiger charge is 2.26. The van der Waals surface area contributed by atoms with Crippen molar-refractivity contribution in [3.63, 3.8) is 0 Å². The van der Waals surface area contributed by atoms with Gasteiger partial charge in [-0.1, -0.05) is 30.3 Å². The molecule has 26 heavy (non-hydrogen) atoms. The molecule has 2 heterocycles. The number of nitriles is 1. The minimum absolute atomic E-state index is 0.0447. The third-order valence-electron chi connectivity index (χ3n) is 5.00. The number of benzene rings is 2. The number of aromatic nitrogens is 2. The second-order valence-corrected chi connectivity index (χ2v) is 6.58. The number of rotatable bonds is 3. The van der Waals surface area contributed by atoms with E-state index in [1.807, 2.05) is 43.3 Å². The predicted molar refractivity (Wildman–Crippen MR) is 103 cm³/mol. The van der Waals surface area contributed by atoms with Gasteiger partial charge in [0.05, 0.1) is 17.1 Å². The summed E-state index contributed by atoms with van der Waals surface area (Å²) in [7, 11) is 0. The van der Waals surface area contributed by atoms with Crippen molar-refractivity contribution < 1.29 is 5.11 Å². The number of hydrogen-bond donors (Lipinski definition) is 2. The number of aliphatic hydroxyl groups is 1. The highest BCUT2D eigenvalue weighted by atomic mass is 16.3. The first kappa shape index (κ1) is 16.2. The minimum Gasteiger partial charge on any atom is -0.509 e. The zero-order valence-corrected chi connectivity index (χ0v) is 14.6. The molecule has 0 aliphatic carbocycles. The Kier molecular flexibility index (Phi) is 4.10. The maximum absolute atomic E-state index is 10.9. The van der Waals surface area contributed by atoms with Crippen molar-refractivity contribution in [1.82, 2.24) is 9.97 Å². The third-order valence-corrected chi connectivity index (χ3v) is 5.00. The van der Waals surface area contributed by atoms with Crippen LogP contribution >= 0.6 is 0 Å². The summed E-state index contributed by atoms with van der Waals surface area (Å²) in [5, 5.41) is 20.6. The molecule has 0 saturated heterocycles. The molecule has 0 amide bonds. The molecular weight excluding hydrogens is 324 g/mol. The Morgan fingerprint density at radius 3 is 2.81 bits per heavy atom. The normalized spacial score (nSPS) is 15.9. The minimum atomic E-state index is -0.306. The number of H-pyrrole nitrogens is 1. The molecule has 1 aliphatic rings. The molecule has 0 radical (unpaired) electrons. The van der Waals surface area contributed by atoms with Gasteiger partial charge in [0.25, 0.3) is 0 Å². The van der Waals surface area contributed by atoms with Crippen LogP contribution in [-0.2, 0) is 6.42 Å². The van der Waals surface area contributed by atoms with E-state index in [9.17, 15) is 10.4 Å². The lowest BCUT2D eigenvalue weighted by atomic mass is 9.99. The molecular formula is C21H20N4O. The number of aromatic amines is 1. The smallest absolute Gasteiger partial charge is 0.152 e. The van der Waals surface area contributed by atoms with Crippen molar-refractivity contribution in [2.24, 2.45) is 0 Å². The van der Waals surface area contributed by atoms with Crippen molar-refractivity contribution in [3.8, 4) is 6.07 Å². The van der Waals surface area contributed by atoms with Crippen molar-refractivity contribution in [3.05, 3.63) is 65.7 Å². The first-order valence-electron chi connectivity index (χ1n) is 8.82. The fourth-order valence-electron chi connectivity index (χ4n) is 3.62. The fraction of sp³-hybridized carbons (Fsp3) is 0.238. The van der Waals surface area contributed by atoms with Crippen LogP contribution in [0, 0.1) is 11.3 Å². The largest absolute Gasteiger partial charge is 0.509 e. The monoisotopic (exact) mass is 344 g/mol.